The number of para-hydroxylation sites is 1. The first-order chi connectivity index (χ1) is 12.1. The van der Waals surface area contributed by atoms with Crippen LogP contribution in [0.15, 0.2) is 29.3 Å². The lowest BCUT2D eigenvalue weighted by Gasteiger charge is -2.42. The van der Waals surface area contributed by atoms with Crippen LogP contribution in [0.25, 0.3) is 0 Å². The quantitative estimate of drug-likeness (QED) is 0.324. The fourth-order valence-corrected chi connectivity index (χ4v) is 3.44. The van der Waals surface area contributed by atoms with Gasteiger partial charge in [0, 0.05) is 39.8 Å². The maximum absolute atomic E-state index is 5.47. The lowest BCUT2D eigenvalue weighted by atomic mass is 9.67. The van der Waals surface area contributed by atoms with Gasteiger partial charge in [-0.15, -0.1) is 24.0 Å². The number of nitrogens with one attached hydrogen (secondary N) is 2. The summed E-state index contributed by atoms with van der Waals surface area (Å²) in [7, 11) is 5.32. The van der Waals surface area contributed by atoms with Crippen molar-refractivity contribution in [3.63, 3.8) is 0 Å². The van der Waals surface area contributed by atoms with E-state index in [1.165, 1.54) is 24.8 Å². The Morgan fingerprint density at radius 3 is 2.54 bits per heavy atom. The Balaban J connectivity index is 0.00000338. The zero-order valence-corrected chi connectivity index (χ0v) is 18.8. The summed E-state index contributed by atoms with van der Waals surface area (Å²) in [6.07, 6.45) is 4.99. The summed E-state index contributed by atoms with van der Waals surface area (Å²) in [6, 6.07) is 8.18. The number of benzene rings is 1. The molecule has 2 rings (SSSR count). The number of hydrogen-bond acceptors (Lipinski definition) is 3. The smallest absolute Gasteiger partial charge is 0.191 e. The summed E-state index contributed by atoms with van der Waals surface area (Å²) >= 11 is 0. The van der Waals surface area contributed by atoms with E-state index >= 15 is 0 Å². The van der Waals surface area contributed by atoms with Crippen LogP contribution in [-0.4, -0.2) is 46.9 Å². The van der Waals surface area contributed by atoms with Gasteiger partial charge in [-0.2, -0.15) is 0 Å². The van der Waals surface area contributed by atoms with Crippen LogP contribution in [0, 0.1) is 5.41 Å². The van der Waals surface area contributed by atoms with Crippen molar-refractivity contribution in [2.75, 3.05) is 41.0 Å². The Hall–Kier alpha value is -1.02. The number of guanidine groups is 1. The molecule has 0 aliphatic heterocycles. The van der Waals surface area contributed by atoms with E-state index in [-0.39, 0.29) is 24.0 Å². The van der Waals surface area contributed by atoms with E-state index in [9.17, 15) is 0 Å². The van der Waals surface area contributed by atoms with Crippen molar-refractivity contribution < 1.29 is 9.47 Å². The summed E-state index contributed by atoms with van der Waals surface area (Å²) in [6.45, 7) is 4.80. The van der Waals surface area contributed by atoms with Gasteiger partial charge in [-0.05, 0) is 36.3 Å². The zero-order valence-electron chi connectivity index (χ0n) is 16.5. The third-order valence-electron chi connectivity index (χ3n) is 5.35. The van der Waals surface area contributed by atoms with Crippen LogP contribution in [0.3, 0.4) is 0 Å². The first kappa shape index (κ1) is 23.0. The predicted octanol–water partition coefficient (Wildman–Crippen LogP) is 3.79. The van der Waals surface area contributed by atoms with Gasteiger partial charge in [0.05, 0.1) is 7.11 Å². The summed E-state index contributed by atoms with van der Waals surface area (Å²) in [5.74, 6) is 2.14. The minimum absolute atomic E-state index is 0. The normalized spacial score (nSPS) is 16.8. The van der Waals surface area contributed by atoms with Crippen molar-refractivity contribution in [2.24, 2.45) is 10.4 Å². The Morgan fingerprint density at radius 2 is 1.96 bits per heavy atom. The van der Waals surface area contributed by atoms with Gasteiger partial charge in [-0.25, -0.2) is 0 Å². The van der Waals surface area contributed by atoms with Crippen molar-refractivity contribution in [3.05, 3.63) is 29.8 Å². The molecule has 1 aliphatic rings. The largest absolute Gasteiger partial charge is 0.496 e. The Bertz CT molecular complexity index is 562. The third kappa shape index (κ3) is 6.30. The topological polar surface area (TPSA) is 54.9 Å². The number of rotatable bonds is 9. The van der Waals surface area contributed by atoms with Crippen molar-refractivity contribution >= 4 is 29.9 Å². The molecule has 148 valence electrons. The average Bonchev–Trinajstić information content (AvgIpc) is 2.62. The SMILES string of the molecule is CN=C(NCC(C)c1ccccc1OC)NCC1(CCOC)CCC1.I. The van der Waals surface area contributed by atoms with Gasteiger partial charge in [0.1, 0.15) is 5.75 Å². The Morgan fingerprint density at radius 1 is 1.23 bits per heavy atom. The molecule has 2 N–H and O–H groups in total. The monoisotopic (exact) mass is 475 g/mol. The fourth-order valence-electron chi connectivity index (χ4n) is 3.44. The second-order valence-corrected chi connectivity index (χ2v) is 7.05. The van der Waals surface area contributed by atoms with Crippen LogP contribution < -0.4 is 15.4 Å². The van der Waals surface area contributed by atoms with Crippen LogP contribution in [-0.2, 0) is 4.74 Å². The van der Waals surface area contributed by atoms with Crippen LogP contribution in [0.2, 0.25) is 0 Å². The molecule has 0 saturated heterocycles. The highest BCUT2D eigenvalue weighted by molar-refractivity contribution is 14.0. The molecule has 5 nitrogen and oxygen atoms in total. The molecule has 0 spiro atoms. The first-order valence-corrected chi connectivity index (χ1v) is 9.20. The molecule has 1 aromatic rings. The lowest BCUT2D eigenvalue weighted by molar-refractivity contribution is 0.0732. The highest BCUT2D eigenvalue weighted by Gasteiger charge is 2.36. The minimum Gasteiger partial charge on any atom is -0.496 e. The van der Waals surface area contributed by atoms with Crippen LogP contribution >= 0.6 is 24.0 Å². The summed E-state index contributed by atoms with van der Waals surface area (Å²) in [5.41, 5.74) is 1.59. The van der Waals surface area contributed by atoms with Gasteiger partial charge in [-0.3, -0.25) is 4.99 Å². The highest BCUT2D eigenvalue weighted by atomic mass is 127. The molecule has 26 heavy (non-hydrogen) atoms. The standard InChI is InChI=1S/C20H33N3O2.HI/c1-16(17-8-5-6-9-18(17)25-4)14-22-19(21-2)23-15-20(10-7-11-20)12-13-24-3;/h5-6,8-9,16H,7,10-15H2,1-4H3,(H2,21,22,23);1H. The van der Waals surface area contributed by atoms with Gasteiger partial charge in [0.2, 0.25) is 0 Å². The molecule has 1 unspecified atom stereocenters. The first-order valence-electron chi connectivity index (χ1n) is 9.20. The molecule has 1 atom stereocenters. The van der Waals surface area contributed by atoms with E-state index in [2.05, 4.69) is 34.7 Å². The summed E-state index contributed by atoms with van der Waals surface area (Å²) in [4.78, 5) is 4.37. The Kier molecular flexibility index (Phi) is 10.3. The van der Waals surface area contributed by atoms with Crippen LogP contribution in [0.4, 0.5) is 0 Å². The molecule has 1 aliphatic carbocycles. The van der Waals surface area contributed by atoms with Crippen molar-refractivity contribution in [2.45, 2.75) is 38.5 Å². The fraction of sp³-hybridized carbons (Fsp3) is 0.650. The maximum Gasteiger partial charge on any atom is 0.191 e. The van der Waals surface area contributed by atoms with Gasteiger partial charge in [0.25, 0.3) is 0 Å². The lowest BCUT2D eigenvalue weighted by Crippen LogP contribution is -2.47. The van der Waals surface area contributed by atoms with E-state index < -0.39 is 0 Å². The Labute approximate surface area is 175 Å². The van der Waals surface area contributed by atoms with Crippen LogP contribution in [0.5, 0.6) is 5.75 Å². The molecule has 0 bridgehead atoms. The molecular weight excluding hydrogens is 441 g/mol. The highest BCUT2D eigenvalue weighted by Crippen LogP contribution is 2.43. The van der Waals surface area contributed by atoms with Gasteiger partial charge < -0.3 is 20.1 Å². The molecule has 0 heterocycles. The van der Waals surface area contributed by atoms with Crippen molar-refractivity contribution in [1.29, 1.82) is 0 Å². The number of halogens is 1. The molecule has 1 saturated carbocycles. The number of ether oxygens (including phenoxy) is 2. The van der Waals surface area contributed by atoms with Crippen LogP contribution in [0.1, 0.15) is 44.1 Å². The van der Waals surface area contributed by atoms with Gasteiger partial charge in [-0.1, -0.05) is 31.5 Å². The molecule has 0 amide bonds. The second kappa shape index (κ2) is 11.6. The van der Waals surface area contributed by atoms with E-state index in [4.69, 9.17) is 9.47 Å². The summed E-state index contributed by atoms with van der Waals surface area (Å²) in [5, 5.41) is 6.96. The van der Waals surface area contributed by atoms with Gasteiger partial charge >= 0.3 is 0 Å². The summed E-state index contributed by atoms with van der Waals surface area (Å²) < 4.78 is 10.7. The van der Waals surface area contributed by atoms with Crippen molar-refractivity contribution in [3.8, 4) is 5.75 Å². The number of methoxy groups -OCH3 is 2. The third-order valence-corrected chi connectivity index (χ3v) is 5.35. The van der Waals surface area contributed by atoms with E-state index in [1.54, 1.807) is 14.2 Å². The zero-order chi connectivity index (χ0) is 18.1. The van der Waals surface area contributed by atoms with E-state index in [0.717, 1.165) is 37.8 Å². The minimum atomic E-state index is 0. The number of aliphatic imine (C=N–C) groups is 1. The van der Waals surface area contributed by atoms with Crippen molar-refractivity contribution in [1.82, 2.24) is 10.6 Å². The maximum atomic E-state index is 5.47. The van der Waals surface area contributed by atoms with E-state index in [1.807, 2.05) is 19.2 Å². The molecule has 0 radical (unpaired) electrons. The van der Waals surface area contributed by atoms with Gasteiger partial charge in [0.15, 0.2) is 5.96 Å². The average molecular weight is 475 g/mol. The molecule has 1 fully saturated rings. The molecular formula is C20H34IN3O2. The molecule has 6 heteroatoms. The second-order valence-electron chi connectivity index (χ2n) is 7.05. The molecule has 0 aromatic heterocycles. The predicted molar refractivity (Wildman–Crippen MR) is 119 cm³/mol. The number of hydrogen-bond donors (Lipinski definition) is 2. The van der Waals surface area contributed by atoms with E-state index in [0.29, 0.717) is 11.3 Å². The number of nitrogens with zero attached hydrogens (tertiary/aromatic N) is 1. The molecule has 1 aromatic carbocycles.